The van der Waals surface area contributed by atoms with Gasteiger partial charge < -0.3 is 19.7 Å². The summed E-state index contributed by atoms with van der Waals surface area (Å²) in [5.41, 5.74) is -0.350. The number of hydrogen-bond donors (Lipinski definition) is 2. The highest BCUT2D eigenvalue weighted by Crippen LogP contribution is 2.46. The average Bonchev–Trinajstić information content (AvgIpc) is 3.93. The van der Waals surface area contributed by atoms with Gasteiger partial charge in [-0.25, -0.2) is 13.4 Å². The van der Waals surface area contributed by atoms with Crippen LogP contribution in [-0.4, -0.2) is 77.6 Å². The van der Waals surface area contributed by atoms with Gasteiger partial charge >= 0.3 is 5.97 Å². The summed E-state index contributed by atoms with van der Waals surface area (Å²) >= 11 is 0. The van der Waals surface area contributed by atoms with Crippen molar-refractivity contribution in [2.75, 3.05) is 6.54 Å². The standard InChI is InChI=1S/C40H50N4O8S/c1-2-28-22-40(28,39(48)43-53(49,50)30-15-16-30)42-36(46)33-20-29-23-44(33)38(47)32(25-8-3-4-9-25)21-35(45)52-34-12-6-11-27(34)10-5-7-24-13-14-26-17-18-41-37(51-29)31(26)19-24/h2,13-14,17-19,25,27-30,32-34H,1,3-12,15-16,20-23H2,(H,42,46)(H,43,48)/t27-,28-,29-,32+,33?,34-,40-/m1/s1. The van der Waals surface area contributed by atoms with Crippen molar-refractivity contribution in [3.63, 3.8) is 0 Å². The van der Waals surface area contributed by atoms with Crippen LogP contribution in [0.25, 0.3) is 10.8 Å². The first-order valence-corrected chi connectivity index (χ1v) is 21.1. The Morgan fingerprint density at radius 1 is 0.962 bits per heavy atom. The van der Waals surface area contributed by atoms with E-state index in [4.69, 9.17) is 9.47 Å². The zero-order valence-electron chi connectivity index (χ0n) is 30.2. The van der Waals surface area contributed by atoms with Crippen LogP contribution >= 0.6 is 0 Å². The van der Waals surface area contributed by atoms with Crippen molar-refractivity contribution < 1.29 is 37.1 Å². The Kier molecular flexibility index (Phi) is 9.74. The molecule has 0 spiro atoms. The lowest BCUT2D eigenvalue weighted by atomic mass is 9.86. The van der Waals surface area contributed by atoms with Gasteiger partial charge in [-0.3, -0.25) is 23.9 Å². The van der Waals surface area contributed by atoms with Crippen LogP contribution in [0.5, 0.6) is 5.88 Å². The van der Waals surface area contributed by atoms with Crippen LogP contribution in [0.15, 0.2) is 43.1 Å². The van der Waals surface area contributed by atoms with E-state index in [9.17, 15) is 27.6 Å². The molecule has 12 nitrogen and oxygen atoms in total. The fourth-order valence-electron chi connectivity index (χ4n) is 9.47. The summed E-state index contributed by atoms with van der Waals surface area (Å²) in [5.74, 6) is -2.52. The maximum Gasteiger partial charge on any atom is 0.306 e. The molecule has 3 heterocycles. The molecule has 53 heavy (non-hydrogen) atoms. The number of ether oxygens (including phenoxy) is 2. The van der Waals surface area contributed by atoms with Crippen molar-refractivity contribution in [3.05, 3.63) is 48.7 Å². The number of carbonyl (C=O) groups excluding carboxylic acids is 4. The molecule has 2 aromatic rings. The van der Waals surface area contributed by atoms with Gasteiger partial charge in [0.05, 0.1) is 24.1 Å². The number of aryl methyl sites for hydroxylation is 1. The topological polar surface area (TPSA) is 161 Å². The molecule has 0 radical (unpaired) electrons. The fourth-order valence-corrected chi connectivity index (χ4v) is 10.8. The zero-order chi connectivity index (χ0) is 36.9. The van der Waals surface area contributed by atoms with Crippen LogP contribution in [0.4, 0.5) is 0 Å². The molecule has 1 unspecified atom stereocenters. The van der Waals surface area contributed by atoms with Gasteiger partial charge in [0.15, 0.2) is 0 Å². The second-order valence-corrected chi connectivity index (χ2v) is 18.3. The van der Waals surface area contributed by atoms with E-state index in [2.05, 4.69) is 39.8 Å². The average molecular weight is 747 g/mol. The van der Waals surface area contributed by atoms with Gasteiger partial charge in [0.25, 0.3) is 5.91 Å². The summed E-state index contributed by atoms with van der Waals surface area (Å²) in [6.45, 7) is 3.89. The highest BCUT2D eigenvalue weighted by Gasteiger charge is 2.62. The van der Waals surface area contributed by atoms with Gasteiger partial charge in [-0.05, 0) is 106 Å². The first kappa shape index (κ1) is 36.0. The highest BCUT2D eigenvalue weighted by molar-refractivity contribution is 7.91. The van der Waals surface area contributed by atoms with Gasteiger partial charge in [0.1, 0.15) is 23.8 Å². The molecule has 2 N–H and O–H groups in total. The molecule has 2 aliphatic heterocycles. The number of nitrogens with one attached hydrogen (secondary N) is 2. The maximum absolute atomic E-state index is 14.8. The van der Waals surface area contributed by atoms with E-state index in [0.29, 0.717) is 18.7 Å². The smallest absolute Gasteiger partial charge is 0.306 e. The molecule has 3 amide bonds. The van der Waals surface area contributed by atoms with Crippen molar-refractivity contribution in [2.45, 2.75) is 125 Å². The molecule has 7 atom stereocenters. The van der Waals surface area contributed by atoms with E-state index >= 15 is 0 Å². The molecule has 4 bridgehead atoms. The number of carbonyl (C=O) groups is 4. The molecule has 4 saturated carbocycles. The minimum Gasteiger partial charge on any atom is -0.472 e. The Hall–Kier alpha value is -4.00. The van der Waals surface area contributed by atoms with Crippen molar-refractivity contribution >= 4 is 44.5 Å². The lowest BCUT2D eigenvalue weighted by Crippen LogP contribution is -2.57. The molecule has 5 fully saturated rings. The minimum absolute atomic E-state index is 0.0276. The second-order valence-electron chi connectivity index (χ2n) is 16.3. The summed E-state index contributed by atoms with van der Waals surface area (Å²) < 4.78 is 40.4. The number of amides is 3. The predicted octanol–water partition coefficient (Wildman–Crippen LogP) is 4.50. The van der Waals surface area contributed by atoms with Crippen LogP contribution in [0, 0.1) is 23.7 Å². The van der Waals surface area contributed by atoms with E-state index in [0.717, 1.165) is 80.5 Å². The Morgan fingerprint density at radius 2 is 1.74 bits per heavy atom. The van der Waals surface area contributed by atoms with Gasteiger partial charge in [-0.2, -0.15) is 0 Å². The van der Waals surface area contributed by atoms with Crippen molar-refractivity contribution in [2.24, 2.45) is 23.7 Å². The minimum atomic E-state index is -3.87. The monoisotopic (exact) mass is 746 g/mol. The third-order valence-corrected chi connectivity index (χ3v) is 14.6. The molecule has 4 aliphatic carbocycles. The van der Waals surface area contributed by atoms with Crippen LogP contribution in [0.1, 0.15) is 95.5 Å². The van der Waals surface area contributed by atoms with E-state index in [1.807, 2.05) is 6.07 Å². The molecule has 284 valence electrons. The predicted molar refractivity (Wildman–Crippen MR) is 196 cm³/mol. The van der Waals surface area contributed by atoms with Crippen molar-refractivity contribution in [1.82, 2.24) is 19.9 Å². The van der Waals surface area contributed by atoms with Crippen LogP contribution in [-0.2, 0) is 40.4 Å². The van der Waals surface area contributed by atoms with Gasteiger partial charge in [-0.15, -0.1) is 6.58 Å². The number of esters is 1. The lowest BCUT2D eigenvalue weighted by molar-refractivity contribution is -0.156. The number of nitrogens with zero attached hydrogens (tertiary/aromatic N) is 2. The summed E-state index contributed by atoms with van der Waals surface area (Å²) in [4.78, 5) is 62.5. The number of benzene rings is 1. The summed E-state index contributed by atoms with van der Waals surface area (Å²) in [5, 5.41) is 4.08. The maximum atomic E-state index is 14.8. The Labute approximate surface area is 310 Å². The zero-order valence-corrected chi connectivity index (χ0v) is 31.0. The summed E-state index contributed by atoms with van der Waals surface area (Å²) in [6, 6.07) is 7.18. The molecule has 1 aromatic heterocycles. The number of sulfonamides is 1. The Bertz CT molecular complexity index is 1910. The third-order valence-electron chi connectivity index (χ3n) is 12.8. The first-order chi connectivity index (χ1) is 25.5. The number of hydrogen-bond acceptors (Lipinski definition) is 9. The molecular formula is C40H50N4O8S. The number of aromatic nitrogens is 1. The van der Waals surface area contributed by atoms with Crippen LogP contribution in [0.3, 0.4) is 0 Å². The lowest BCUT2D eigenvalue weighted by Gasteiger charge is -2.32. The summed E-state index contributed by atoms with van der Waals surface area (Å²) in [7, 11) is -3.87. The highest BCUT2D eigenvalue weighted by atomic mass is 32.2. The van der Waals surface area contributed by atoms with E-state index in [-0.39, 0.29) is 55.6 Å². The fraction of sp³-hybridized carbons (Fsp3) is 0.625. The molecule has 1 saturated heterocycles. The molecule has 1 aromatic carbocycles. The largest absolute Gasteiger partial charge is 0.472 e. The Morgan fingerprint density at radius 3 is 2.49 bits per heavy atom. The van der Waals surface area contributed by atoms with Crippen LogP contribution < -0.4 is 14.8 Å². The molecule has 6 aliphatic rings. The van der Waals surface area contributed by atoms with E-state index in [1.165, 1.54) is 4.90 Å². The van der Waals surface area contributed by atoms with Gasteiger partial charge in [0, 0.05) is 23.9 Å². The normalized spacial score (nSPS) is 32.3. The SMILES string of the molecule is C=C[C@@H]1C[C@]1(NC(=O)C1C[C@@H]2CN1C(=O)[C@H](C1CCCC1)CC(=O)O[C@@H]1CCC[C@H]1CCCc1ccc3ccnc(c3c1)O2)C(=O)NS(=O)(=O)C1CC1. The van der Waals surface area contributed by atoms with E-state index in [1.54, 1.807) is 12.3 Å². The number of fused-ring (bicyclic) bond motifs is 4. The van der Waals surface area contributed by atoms with Crippen molar-refractivity contribution in [1.29, 1.82) is 0 Å². The van der Waals surface area contributed by atoms with Gasteiger partial charge in [-0.1, -0.05) is 31.1 Å². The summed E-state index contributed by atoms with van der Waals surface area (Å²) in [6.07, 6.45) is 12.8. The quantitative estimate of drug-likeness (QED) is 0.307. The van der Waals surface area contributed by atoms with Crippen molar-refractivity contribution in [3.8, 4) is 5.88 Å². The first-order valence-electron chi connectivity index (χ1n) is 19.6. The van der Waals surface area contributed by atoms with E-state index < -0.39 is 56.6 Å². The molecule has 8 rings (SSSR count). The molecular weight excluding hydrogens is 697 g/mol. The molecule has 13 heteroatoms. The third kappa shape index (κ3) is 7.29. The van der Waals surface area contributed by atoms with Crippen LogP contribution in [0.2, 0.25) is 0 Å². The second kappa shape index (κ2) is 14.3. The number of pyridine rings is 1. The number of rotatable bonds is 7. The van der Waals surface area contributed by atoms with Gasteiger partial charge in [0.2, 0.25) is 27.7 Å². The Balaban J connectivity index is 1.12.